The molecular formula is C16H26N6O4. The molecular weight excluding hydrogens is 340 g/mol. The molecule has 6 N–H and O–H groups in total. The van der Waals surface area contributed by atoms with E-state index in [1.54, 1.807) is 4.57 Å². The van der Waals surface area contributed by atoms with Gasteiger partial charge in [-0.25, -0.2) is 4.98 Å². The lowest BCUT2D eigenvalue weighted by molar-refractivity contribution is -0.148. The van der Waals surface area contributed by atoms with Crippen LogP contribution in [0.25, 0.3) is 11.2 Å². The third-order valence-electron chi connectivity index (χ3n) is 4.48. The van der Waals surface area contributed by atoms with Gasteiger partial charge in [0.1, 0.15) is 6.04 Å². The standard InChI is InChI=1S/C16H26N6O4/c1-3-9(2)11(17)15(25)26-7-10(4-5-23)6-22-8-19-12-13(22)20-16(18)21-14(12)24/h8-11,23H,3-7,17H2,1-2H3,(H3,18,20,21,24)/t9-,10+,11-/m0/s1. The number of hydrogen-bond acceptors (Lipinski definition) is 8. The fraction of sp³-hybridized carbons (Fsp3) is 0.625. The maximum Gasteiger partial charge on any atom is 0.323 e. The lowest BCUT2D eigenvalue weighted by atomic mass is 10.0. The monoisotopic (exact) mass is 366 g/mol. The van der Waals surface area contributed by atoms with Crippen LogP contribution < -0.4 is 17.0 Å². The highest BCUT2D eigenvalue weighted by Gasteiger charge is 2.23. The Labute approximate surface area is 150 Å². The molecule has 0 aliphatic rings. The summed E-state index contributed by atoms with van der Waals surface area (Å²) in [5.74, 6) is -0.631. The second-order valence-electron chi connectivity index (χ2n) is 6.44. The molecule has 0 fully saturated rings. The normalized spacial score (nSPS) is 14.9. The van der Waals surface area contributed by atoms with Crippen LogP contribution >= 0.6 is 0 Å². The number of nitrogens with zero attached hydrogens (tertiary/aromatic N) is 3. The molecule has 0 saturated heterocycles. The predicted octanol–water partition coefficient (Wildman–Crippen LogP) is -0.383. The van der Waals surface area contributed by atoms with Gasteiger partial charge in [-0.2, -0.15) is 4.98 Å². The van der Waals surface area contributed by atoms with Crippen molar-refractivity contribution in [1.82, 2.24) is 19.5 Å². The summed E-state index contributed by atoms with van der Waals surface area (Å²) in [6, 6.07) is -0.677. The summed E-state index contributed by atoms with van der Waals surface area (Å²) in [4.78, 5) is 34.4. The maximum atomic E-state index is 12.1. The van der Waals surface area contributed by atoms with Crippen molar-refractivity contribution in [2.45, 2.75) is 39.3 Å². The molecule has 10 heteroatoms. The van der Waals surface area contributed by atoms with Crippen molar-refractivity contribution in [2.24, 2.45) is 17.6 Å². The number of aromatic nitrogens is 4. The Hall–Kier alpha value is -2.46. The Bertz CT molecular complexity index is 802. The van der Waals surface area contributed by atoms with Gasteiger partial charge in [-0.1, -0.05) is 20.3 Å². The molecule has 0 aliphatic heterocycles. The second kappa shape index (κ2) is 8.77. The van der Waals surface area contributed by atoms with Crippen molar-refractivity contribution in [3.8, 4) is 0 Å². The van der Waals surface area contributed by atoms with Gasteiger partial charge in [0, 0.05) is 19.1 Å². The fourth-order valence-corrected chi connectivity index (χ4v) is 2.57. The van der Waals surface area contributed by atoms with Crippen molar-refractivity contribution in [3.05, 3.63) is 16.7 Å². The number of esters is 1. The number of aliphatic hydroxyl groups excluding tert-OH is 1. The van der Waals surface area contributed by atoms with Gasteiger partial charge in [0.15, 0.2) is 11.2 Å². The summed E-state index contributed by atoms with van der Waals surface area (Å²) in [5.41, 5.74) is 11.6. The largest absolute Gasteiger partial charge is 0.464 e. The number of imidazole rings is 1. The van der Waals surface area contributed by atoms with E-state index in [9.17, 15) is 14.7 Å². The van der Waals surface area contributed by atoms with Crippen LogP contribution in [0.15, 0.2) is 11.1 Å². The Kier molecular flexibility index (Phi) is 6.70. The number of H-pyrrole nitrogens is 1. The van der Waals surface area contributed by atoms with Crippen molar-refractivity contribution in [1.29, 1.82) is 0 Å². The number of carbonyl (C=O) groups excluding carboxylic acids is 1. The van der Waals surface area contributed by atoms with Gasteiger partial charge in [-0.05, 0) is 12.3 Å². The molecule has 2 aromatic heterocycles. The number of rotatable bonds is 9. The lowest BCUT2D eigenvalue weighted by Gasteiger charge is -2.20. The molecule has 0 spiro atoms. The first kappa shape index (κ1) is 19.9. The number of aromatic amines is 1. The third kappa shape index (κ3) is 4.58. The summed E-state index contributed by atoms with van der Waals surface area (Å²) in [7, 11) is 0. The summed E-state index contributed by atoms with van der Waals surface area (Å²) >= 11 is 0. The van der Waals surface area contributed by atoms with E-state index in [0.29, 0.717) is 18.6 Å². The minimum atomic E-state index is -0.677. The van der Waals surface area contributed by atoms with E-state index in [1.165, 1.54) is 6.33 Å². The maximum absolute atomic E-state index is 12.1. The van der Waals surface area contributed by atoms with Gasteiger partial charge in [-0.15, -0.1) is 0 Å². The van der Waals surface area contributed by atoms with Crippen LogP contribution in [0.3, 0.4) is 0 Å². The quantitative estimate of drug-likeness (QED) is 0.436. The van der Waals surface area contributed by atoms with E-state index in [1.807, 2.05) is 13.8 Å². The average molecular weight is 366 g/mol. The Morgan fingerprint density at radius 3 is 2.88 bits per heavy atom. The Morgan fingerprint density at radius 2 is 2.23 bits per heavy atom. The van der Waals surface area contributed by atoms with Gasteiger partial charge in [0.2, 0.25) is 5.95 Å². The molecule has 0 bridgehead atoms. The molecule has 2 rings (SSSR count). The Balaban J connectivity index is 2.09. The molecule has 0 radical (unpaired) electrons. The molecule has 0 aliphatic carbocycles. The summed E-state index contributed by atoms with van der Waals surface area (Å²) in [6.07, 6.45) is 2.66. The number of nitrogens with one attached hydrogen (secondary N) is 1. The van der Waals surface area contributed by atoms with Crippen molar-refractivity contribution < 1.29 is 14.6 Å². The Morgan fingerprint density at radius 1 is 1.50 bits per heavy atom. The van der Waals surface area contributed by atoms with Crippen LogP contribution in [-0.4, -0.2) is 49.9 Å². The summed E-state index contributed by atoms with van der Waals surface area (Å²) in [6.45, 7) is 4.24. The third-order valence-corrected chi connectivity index (χ3v) is 4.48. The zero-order valence-corrected chi connectivity index (χ0v) is 15.0. The topological polar surface area (TPSA) is 162 Å². The first-order valence-electron chi connectivity index (χ1n) is 8.61. The average Bonchev–Trinajstić information content (AvgIpc) is 3.01. The lowest BCUT2D eigenvalue weighted by Crippen LogP contribution is -2.39. The number of ether oxygens (including phenoxy) is 1. The van der Waals surface area contributed by atoms with Crippen molar-refractivity contribution >= 4 is 23.1 Å². The van der Waals surface area contributed by atoms with Crippen LogP contribution in [0.4, 0.5) is 5.95 Å². The minimum absolute atomic E-state index is 0.00564. The molecule has 10 nitrogen and oxygen atoms in total. The second-order valence-corrected chi connectivity index (χ2v) is 6.44. The van der Waals surface area contributed by atoms with Crippen LogP contribution in [0, 0.1) is 11.8 Å². The smallest absolute Gasteiger partial charge is 0.323 e. The molecule has 0 amide bonds. The van der Waals surface area contributed by atoms with Crippen molar-refractivity contribution in [2.75, 3.05) is 18.9 Å². The number of anilines is 1. The first-order chi connectivity index (χ1) is 12.4. The number of aliphatic hydroxyl groups is 1. The summed E-state index contributed by atoms with van der Waals surface area (Å²) < 4.78 is 6.98. The number of carbonyl (C=O) groups is 1. The van der Waals surface area contributed by atoms with Gasteiger partial charge < -0.3 is 25.9 Å². The van der Waals surface area contributed by atoms with E-state index >= 15 is 0 Å². The van der Waals surface area contributed by atoms with E-state index in [4.69, 9.17) is 16.2 Å². The van der Waals surface area contributed by atoms with E-state index in [2.05, 4.69) is 15.0 Å². The van der Waals surface area contributed by atoms with Crippen LogP contribution in [0.2, 0.25) is 0 Å². The van der Waals surface area contributed by atoms with Gasteiger partial charge >= 0.3 is 5.97 Å². The van der Waals surface area contributed by atoms with Gasteiger partial charge in [-0.3, -0.25) is 14.6 Å². The molecule has 0 saturated carbocycles. The first-order valence-corrected chi connectivity index (χ1v) is 8.61. The molecule has 144 valence electrons. The minimum Gasteiger partial charge on any atom is -0.464 e. The molecule has 26 heavy (non-hydrogen) atoms. The van der Waals surface area contributed by atoms with Crippen LogP contribution in [0.5, 0.6) is 0 Å². The highest BCUT2D eigenvalue weighted by molar-refractivity contribution is 5.75. The highest BCUT2D eigenvalue weighted by Crippen LogP contribution is 2.14. The number of nitrogens with two attached hydrogens (primary N) is 2. The van der Waals surface area contributed by atoms with Gasteiger partial charge in [0.05, 0.1) is 12.9 Å². The molecule has 3 atom stereocenters. The number of nitrogen functional groups attached to an aromatic ring is 1. The van der Waals surface area contributed by atoms with Crippen LogP contribution in [-0.2, 0) is 16.1 Å². The van der Waals surface area contributed by atoms with Crippen LogP contribution in [0.1, 0.15) is 26.7 Å². The highest BCUT2D eigenvalue weighted by atomic mass is 16.5. The van der Waals surface area contributed by atoms with E-state index in [0.717, 1.165) is 6.42 Å². The zero-order valence-electron chi connectivity index (χ0n) is 15.0. The summed E-state index contributed by atoms with van der Waals surface area (Å²) in [5, 5.41) is 9.29. The SMILES string of the molecule is CC[C@H](C)[C@H](N)C(=O)OC[C@H](CCO)Cn1cnc2c(=O)[nH]c(N)nc21. The molecule has 0 unspecified atom stereocenters. The fourth-order valence-electron chi connectivity index (χ4n) is 2.57. The van der Waals surface area contributed by atoms with Gasteiger partial charge in [0.25, 0.3) is 5.56 Å². The molecule has 0 aromatic carbocycles. The number of fused-ring (bicyclic) bond motifs is 1. The van der Waals surface area contributed by atoms with E-state index < -0.39 is 17.6 Å². The zero-order chi connectivity index (χ0) is 19.3. The number of hydrogen-bond donors (Lipinski definition) is 4. The molecule has 2 heterocycles. The van der Waals surface area contributed by atoms with E-state index in [-0.39, 0.29) is 36.5 Å². The predicted molar refractivity (Wildman–Crippen MR) is 96.1 cm³/mol. The van der Waals surface area contributed by atoms with Crippen molar-refractivity contribution in [3.63, 3.8) is 0 Å². The molecule has 2 aromatic rings.